The van der Waals surface area contributed by atoms with Crippen LogP contribution in [0.5, 0.6) is 5.75 Å². The maximum absolute atomic E-state index is 11.4. The second-order valence-electron chi connectivity index (χ2n) is 4.63. The molecule has 1 atom stereocenters. The zero-order chi connectivity index (χ0) is 15.0. The lowest BCUT2D eigenvalue weighted by Gasteiger charge is -2.23. The molecule has 0 aliphatic carbocycles. The third-order valence-corrected chi connectivity index (χ3v) is 3.92. The number of ether oxygens (including phenoxy) is 1. The lowest BCUT2D eigenvalue weighted by Crippen LogP contribution is -2.34. The Kier molecular flexibility index (Phi) is 7.43. The molecule has 20 heavy (non-hydrogen) atoms. The highest BCUT2D eigenvalue weighted by Crippen LogP contribution is 2.13. The van der Waals surface area contributed by atoms with E-state index in [4.69, 9.17) is 10.6 Å². The fourth-order valence-electron chi connectivity index (χ4n) is 1.71. The van der Waals surface area contributed by atoms with E-state index in [-0.39, 0.29) is 5.91 Å². The molecule has 0 aromatic heterocycles. The molecule has 0 saturated carbocycles. The molecule has 3 N–H and O–H groups in total. The standard InChI is InChI=1S/C14H23N3O2S/c1-11(10-20-3)17(2)7-8-19-13-6-4-5-12(9-13)14(18)16-15/h4-6,9,11H,7-8,10,15H2,1-3H3,(H,16,18). The molecular weight excluding hydrogens is 274 g/mol. The normalized spacial score (nSPS) is 12.2. The summed E-state index contributed by atoms with van der Waals surface area (Å²) in [6, 6.07) is 7.51. The number of hydrogen-bond donors (Lipinski definition) is 2. The van der Waals surface area contributed by atoms with Crippen LogP contribution in [-0.2, 0) is 0 Å². The molecule has 0 spiro atoms. The number of nitrogens with one attached hydrogen (secondary N) is 1. The monoisotopic (exact) mass is 297 g/mol. The first kappa shape index (κ1) is 16.8. The number of carbonyl (C=O) groups is 1. The molecule has 1 aromatic rings. The molecular formula is C14H23N3O2S. The first-order chi connectivity index (χ1) is 9.58. The van der Waals surface area contributed by atoms with Crippen LogP contribution >= 0.6 is 11.8 Å². The Morgan fingerprint density at radius 1 is 1.55 bits per heavy atom. The van der Waals surface area contributed by atoms with Gasteiger partial charge in [-0.15, -0.1) is 0 Å². The molecule has 0 bridgehead atoms. The van der Waals surface area contributed by atoms with Crippen LogP contribution in [-0.4, -0.2) is 49.1 Å². The molecule has 0 aliphatic heterocycles. The minimum absolute atomic E-state index is 0.318. The summed E-state index contributed by atoms with van der Waals surface area (Å²) in [5, 5.41) is 0. The summed E-state index contributed by atoms with van der Waals surface area (Å²) in [5.74, 6) is 6.57. The number of amides is 1. The van der Waals surface area contributed by atoms with Crippen LogP contribution in [0, 0.1) is 0 Å². The first-order valence-corrected chi connectivity index (χ1v) is 7.90. The van der Waals surface area contributed by atoms with Gasteiger partial charge in [0.15, 0.2) is 0 Å². The van der Waals surface area contributed by atoms with Crippen molar-refractivity contribution in [1.82, 2.24) is 10.3 Å². The third kappa shape index (κ3) is 5.40. The maximum atomic E-state index is 11.4. The van der Waals surface area contributed by atoms with Gasteiger partial charge in [0, 0.05) is 23.9 Å². The number of thioether (sulfide) groups is 1. The minimum atomic E-state index is -0.318. The van der Waals surface area contributed by atoms with Crippen LogP contribution < -0.4 is 16.0 Å². The van der Waals surface area contributed by atoms with Crippen LogP contribution in [0.2, 0.25) is 0 Å². The first-order valence-electron chi connectivity index (χ1n) is 6.51. The molecule has 0 aliphatic rings. The van der Waals surface area contributed by atoms with Gasteiger partial charge < -0.3 is 4.74 Å². The van der Waals surface area contributed by atoms with Gasteiger partial charge in [-0.1, -0.05) is 6.07 Å². The van der Waals surface area contributed by atoms with Crippen molar-refractivity contribution in [3.8, 4) is 5.75 Å². The largest absolute Gasteiger partial charge is 0.492 e. The summed E-state index contributed by atoms with van der Waals surface area (Å²) in [7, 11) is 2.09. The predicted octanol–water partition coefficient (Wildman–Crippen LogP) is 1.35. The van der Waals surface area contributed by atoms with E-state index in [1.807, 2.05) is 17.8 Å². The number of hydrogen-bond acceptors (Lipinski definition) is 5. The van der Waals surface area contributed by atoms with Crippen LogP contribution in [0.4, 0.5) is 0 Å². The SMILES string of the molecule is CSCC(C)N(C)CCOc1cccc(C(=O)NN)c1. The van der Waals surface area contributed by atoms with Crippen molar-refractivity contribution in [2.24, 2.45) is 5.84 Å². The van der Waals surface area contributed by atoms with Crippen LogP contribution in [0.3, 0.4) is 0 Å². The minimum Gasteiger partial charge on any atom is -0.492 e. The van der Waals surface area contributed by atoms with Crippen molar-refractivity contribution in [3.05, 3.63) is 29.8 Å². The molecule has 0 fully saturated rings. The highest BCUT2D eigenvalue weighted by molar-refractivity contribution is 7.98. The number of hydrazine groups is 1. The Balaban J connectivity index is 2.44. The molecule has 0 radical (unpaired) electrons. The average molecular weight is 297 g/mol. The number of likely N-dealkylation sites (N-methyl/N-ethyl adjacent to an activating group) is 1. The number of benzene rings is 1. The number of nitrogen functional groups attached to an aromatic ring is 1. The van der Waals surface area contributed by atoms with E-state index in [0.29, 0.717) is 24.0 Å². The summed E-state index contributed by atoms with van der Waals surface area (Å²) in [6.45, 7) is 3.63. The van der Waals surface area contributed by atoms with Crippen LogP contribution in [0.1, 0.15) is 17.3 Å². The van der Waals surface area contributed by atoms with Gasteiger partial charge in [-0.3, -0.25) is 15.1 Å². The average Bonchev–Trinajstić information content (AvgIpc) is 2.46. The van der Waals surface area contributed by atoms with E-state index in [0.717, 1.165) is 12.3 Å². The molecule has 6 heteroatoms. The van der Waals surface area contributed by atoms with Crippen molar-refractivity contribution >= 4 is 17.7 Å². The molecule has 5 nitrogen and oxygen atoms in total. The predicted molar refractivity (Wildman–Crippen MR) is 84.1 cm³/mol. The van der Waals surface area contributed by atoms with Gasteiger partial charge in [0.05, 0.1) is 0 Å². The van der Waals surface area contributed by atoms with E-state index >= 15 is 0 Å². The topological polar surface area (TPSA) is 67.6 Å². The zero-order valence-electron chi connectivity index (χ0n) is 12.3. The molecule has 0 saturated heterocycles. The van der Waals surface area contributed by atoms with Gasteiger partial charge in [0.25, 0.3) is 5.91 Å². The molecule has 112 valence electrons. The van der Waals surface area contributed by atoms with Gasteiger partial charge in [-0.05, 0) is 38.4 Å². The smallest absolute Gasteiger partial charge is 0.265 e. The van der Waals surface area contributed by atoms with Crippen LogP contribution in [0.15, 0.2) is 24.3 Å². The number of carbonyl (C=O) groups excluding carboxylic acids is 1. The van der Waals surface area contributed by atoms with E-state index in [2.05, 4.69) is 30.6 Å². The van der Waals surface area contributed by atoms with Gasteiger partial charge in [0.1, 0.15) is 12.4 Å². The van der Waals surface area contributed by atoms with E-state index < -0.39 is 0 Å². The van der Waals surface area contributed by atoms with Crippen molar-refractivity contribution < 1.29 is 9.53 Å². The van der Waals surface area contributed by atoms with Gasteiger partial charge in [-0.2, -0.15) is 11.8 Å². The fraction of sp³-hybridized carbons (Fsp3) is 0.500. The second kappa shape index (κ2) is 8.84. The Bertz CT molecular complexity index is 429. The maximum Gasteiger partial charge on any atom is 0.265 e. The summed E-state index contributed by atoms with van der Waals surface area (Å²) < 4.78 is 5.67. The van der Waals surface area contributed by atoms with E-state index in [1.54, 1.807) is 18.2 Å². The van der Waals surface area contributed by atoms with E-state index in [9.17, 15) is 4.79 Å². The zero-order valence-corrected chi connectivity index (χ0v) is 13.1. The van der Waals surface area contributed by atoms with Crippen molar-refractivity contribution in [2.75, 3.05) is 32.2 Å². The summed E-state index contributed by atoms with van der Waals surface area (Å²) in [5.41, 5.74) is 2.60. The number of nitrogens with zero attached hydrogens (tertiary/aromatic N) is 1. The van der Waals surface area contributed by atoms with Crippen molar-refractivity contribution in [1.29, 1.82) is 0 Å². The quantitative estimate of drug-likeness (QED) is 0.431. The van der Waals surface area contributed by atoms with Crippen molar-refractivity contribution in [3.63, 3.8) is 0 Å². The Labute approximate surface area is 124 Å². The summed E-state index contributed by atoms with van der Waals surface area (Å²) >= 11 is 1.84. The summed E-state index contributed by atoms with van der Waals surface area (Å²) in [4.78, 5) is 13.7. The third-order valence-electron chi connectivity index (χ3n) is 3.10. The fourth-order valence-corrected chi connectivity index (χ4v) is 2.44. The number of nitrogens with two attached hydrogens (primary N) is 1. The van der Waals surface area contributed by atoms with Gasteiger partial charge in [0.2, 0.25) is 0 Å². The van der Waals surface area contributed by atoms with Crippen molar-refractivity contribution in [2.45, 2.75) is 13.0 Å². The Morgan fingerprint density at radius 2 is 2.30 bits per heavy atom. The Hall–Kier alpha value is -1.24. The Morgan fingerprint density at radius 3 is 2.95 bits per heavy atom. The lowest BCUT2D eigenvalue weighted by atomic mass is 10.2. The second-order valence-corrected chi connectivity index (χ2v) is 5.55. The lowest BCUT2D eigenvalue weighted by molar-refractivity contribution is 0.0953. The van der Waals surface area contributed by atoms with Gasteiger partial charge in [-0.25, -0.2) is 5.84 Å². The molecule has 1 aromatic carbocycles. The summed E-state index contributed by atoms with van der Waals surface area (Å²) in [6.07, 6.45) is 2.11. The number of rotatable bonds is 8. The van der Waals surface area contributed by atoms with Gasteiger partial charge >= 0.3 is 0 Å². The van der Waals surface area contributed by atoms with Crippen LogP contribution in [0.25, 0.3) is 0 Å². The molecule has 1 amide bonds. The highest BCUT2D eigenvalue weighted by Gasteiger charge is 2.08. The highest BCUT2D eigenvalue weighted by atomic mass is 32.2. The molecule has 1 rings (SSSR count). The molecule has 0 heterocycles. The molecule has 1 unspecified atom stereocenters. The van der Waals surface area contributed by atoms with E-state index in [1.165, 1.54) is 0 Å².